The van der Waals surface area contributed by atoms with Crippen LogP contribution < -0.4 is 10.5 Å². The Labute approximate surface area is 107 Å². The molecule has 0 fully saturated rings. The lowest BCUT2D eigenvalue weighted by atomic mass is 10.1. The molecule has 0 amide bonds. The van der Waals surface area contributed by atoms with Crippen molar-refractivity contribution in [3.63, 3.8) is 0 Å². The molecule has 0 aliphatic carbocycles. The van der Waals surface area contributed by atoms with E-state index in [0.717, 1.165) is 0 Å². The first-order valence-electron chi connectivity index (χ1n) is 6.12. The van der Waals surface area contributed by atoms with Crippen molar-refractivity contribution in [2.24, 2.45) is 0 Å². The Morgan fingerprint density at radius 2 is 1.25 bits per heavy atom. The molecular weight excluding hydrogens is 246 g/mol. The first-order chi connectivity index (χ1) is 6.84. The lowest BCUT2D eigenvalue weighted by Crippen LogP contribution is -2.66. The van der Waals surface area contributed by atoms with Gasteiger partial charge in [-0.25, -0.2) is 0 Å². The number of nitrogens with zero attached hydrogens (tertiary/aromatic N) is 1. The van der Waals surface area contributed by atoms with Gasteiger partial charge in [0.1, 0.15) is 16.5 Å². The first kappa shape index (κ1) is 16.5. The van der Waals surface area contributed by atoms with Crippen molar-refractivity contribution < 1.29 is 0 Å². The molecule has 0 spiro atoms. The minimum Gasteiger partial charge on any atom is -0.361 e. The van der Waals surface area contributed by atoms with Gasteiger partial charge in [-0.1, -0.05) is 39.3 Å². The van der Waals surface area contributed by atoms with Crippen LogP contribution >= 0.6 is 0 Å². The maximum atomic E-state index is 3.52. The highest BCUT2D eigenvalue weighted by molar-refractivity contribution is 6.95. The molecule has 16 heavy (non-hydrogen) atoms. The third-order valence-electron chi connectivity index (χ3n) is 2.32. The highest BCUT2D eigenvalue weighted by atomic mass is 28.5. The smallest absolute Gasteiger partial charge is 0.171 e. The third kappa shape index (κ3) is 6.97. The Kier molecular flexibility index (Phi) is 5.63. The van der Waals surface area contributed by atoms with Gasteiger partial charge >= 0.3 is 0 Å². The molecule has 0 atom stereocenters. The molecule has 2 N–H and O–H groups in total. The number of nitrogens with one attached hydrogen (secondary N) is 2. The summed E-state index contributed by atoms with van der Waals surface area (Å²) in [5, 5.41) is 3.52. The molecule has 0 radical (unpaired) electrons. The van der Waals surface area contributed by atoms with Crippen molar-refractivity contribution in [3.05, 3.63) is 0 Å². The first-order valence-corrected chi connectivity index (χ1v) is 14.4. The highest BCUT2D eigenvalue weighted by Crippen LogP contribution is 2.17. The Morgan fingerprint density at radius 1 is 0.875 bits per heavy atom. The number of hydrazine groups is 1. The third-order valence-corrected chi connectivity index (χ3v) is 16.9. The van der Waals surface area contributed by atoms with Crippen LogP contribution in [0.4, 0.5) is 0 Å². The fraction of sp³-hybridized carbons (Fsp3) is 1.00. The van der Waals surface area contributed by atoms with Gasteiger partial charge in [0.2, 0.25) is 0 Å². The van der Waals surface area contributed by atoms with Crippen LogP contribution in [0.1, 0.15) is 20.8 Å². The van der Waals surface area contributed by atoms with Crippen LogP contribution in [-0.4, -0.2) is 35.7 Å². The summed E-state index contributed by atoms with van der Waals surface area (Å²) in [6.45, 7) is 21.3. The SMILES string of the molecule is CC(C)(C)NN[SiH2]N([Si](C)(C)C)[Si](C)(C)C. The average Bonchev–Trinajstić information content (AvgIpc) is 1.90. The Morgan fingerprint density at radius 3 is 1.50 bits per heavy atom. The zero-order chi connectivity index (χ0) is 13.2. The van der Waals surface area contributed by atoms with Gasteiger partial charge in [-0.15, -0.1) is 0 Å². The lowest BCUT2D eigenvalue weighted by Gasteiger charge is -2.44. The molecule has 3 nitrogen and oxygen atoms in total. The van der Waals surface area contributed by atoms with Crippen LogP contribution in [0, 0.1) is 0 Å². The molecular formula is C10H31N3Si3. The zero-order valence-corrected chi connectivity index (χ0v) is 16.1. The molecule has 6 heteroatoms. The van der Waals surface area contributed by atoms with Crippen LogP contribution in [0.2, 0.25) is 39.3 Å². The lowest BCUT2D eigenvalue weighted by molar-refractivity contribution is 0.406. The number of hydrogen-bond acceptors (Lipinski definition) is 3. The standard InChI is InChI=1S/C10H31N3Si3/c1-10(2,3)11-12-14-13(15(4,5)6)16(7,8)9/h11-12H,14H2,1-9H3. The monoisotopic (exact) mass is 277 g/mol. The van der Waals surface area contributed by atoms with E-state index in [-0.39, 0.29) is 15.4 Å². The van der Waals surface area contributed by atoms with Crippen molar-refractivity contribution in [1.82, 2.24) is 14.4 Å². The van der Waals surface area contributed by atoms with E-state index < -0.39 is 16.5 Å². The number of hydrogen-bond donors (Lipinski definition) is 2. The molecule has 0 aliphatic rings. The highest BCUT2D eigenvalue weighted by Gasteiger charge is 2.33. The molecule has 0 heterocycles. The Hall–Kier alpha value is 0.531. The quantitative estimate of drug-likeness (QED) is 0.593. The molecule has 0 saturated heterocycles. The largest absolute Gasteiger partial charge is 0.361 e. The van der Waals surface area contributed by atoms with Crippen molar-refractivity contribution in [1.29, 1.82) is 0 Å². The second-order valence-corrected chi connectivity index (χ2v) is 20.3. The van der Waals surface area contributed by atoms with Gasteiger partial charge in [-0.05, 0) is 20.8 Å². The van der Waals surface area contributed by atoms with E-state index in [1.54, 1.807) is 0 Å². The van der Waals surface area contributed by atoms with Gasteiger partial charge in [0.25, 0.3) is 0 Å². The van der Waals surface area contributed by atoms with E-state index in [1.807, 2.05) is 0 Å². The van der Waals surface area contributed by atoms with E-state index in [9.17, 15) is 0 Å². The summed E-state index contributed by atoms with van der Waals surface area (Å²) in [6, 6.07) is 0. The Balaban J connectivity index is 4.38. The van der Waals surface area contributed by atoms with Crippen molar-refractivity contribution in [2.45, 2.75) is 65.6 Å². The predicted molar refractivity (Wildman–Crippen MR) is 83.1 cm³/mol. The molecule has 0 rings (SSSR count). The molecule has 98 valence electrons. The van der Waals surface area contributed by atoms with E-state index >= 15 is 0 Å². The molecule has 0 saturated carbocycles. The van der Waals surface area contributed by atoms with Crippen molar-refractivity contribution >= 4 is 26.3 Å². The fourth-order valence-electron chi connectivity index (χ4n) is 1.86. The van der Waals surface area contributed by atoms with Crippen LogP contribution in [0.5, 0.6) is 0 Å². The number of rotatable bonds is 5. The average molecular weight is 278 g/mol. The van der Waals surface area contributed by atoms with E-state index in [1.165, 1.54) is 0 Å². The van der Waals surface area contributed by atoms with Crippen LogP contribution in [-0.2, 0) is 0 Å². The van der Waals surface area contributed by atoms with Crippen LogP contribution in [0.25, 0.3) is 0 Å². The zero-order valence-electron chi connectivity index (χ0n) is 12.7. The summed E-state index contributed by atoms with van der Waals surface area (Å²) >= 11 is 0. The second kappa shape index (κ2) is 5.45. The van der Waals surface area contributed by atoms with Crippen molar-refractivity contribution in [3.8, 4) is 0 Å². The second-order valence-electron chi connectivity index (χ2n) is 7.48. The fourth-order valence-corrected chi connectivity index (χ4v) is 15.0. The van der Waals surface area contributed by atoms with E-state index in [4.69, 9.17) is 0 Å². The van der Waals surface area contributed by atoms with Gasteiger partial charge in [0.15, 0.2) is 9.84 Å². The Bertz CT molecular complexity index is 199. The summed E-state index contributed by atoms with van der Waals surface area (Å²) in [5.74, 6) is 0. The molecule has 0 aliphatic heterocycles. The van der Waals surface area contributed by atoms with Gasteiger partial charge in [-0.3, -0.25) is 10.5 Å². The predicted octanol–water partition coefficient (Wildman–Crippen LogP) is 1.85. The summed E-state index contributed by atoms with van der Waals surface area (Å²) < 4.78 is 2.86. The molecule has 0 aromatic carbocycles. The summed E-state index contributed by atoms with van der Waals surface area (Å²) in [7, 11) is -2.70. The molecule has 0 unspecified atom stereocenters. The topological polar surface area (TPSA) is 27.3 Å². The maximum Gasteiger partial charge on any atom is 0.171 e. The normalized spacial score (nSPS) is 15.4. The molecule has 0 aromatic heterocycles. The van der Waals surface area contributed by atoms with E-state index in [2.05, 4.69) is 74.5 Å². The van der Waals surface area contributed by atoms with Crippen molar-refractivity contribution in [2.75, 3.05) is 0 Å². The summed E-state index contributed by atoms with van der Waals surface area (Å²) in [5.41, 5.74) is 3.58. The summed E-state index contributed by atoms with van der Waals surface area (Å²) in [4.78, 5) is 0. The van der Waals surface area contributed by atoms with Gasteiger partial charge in [0.05, 0.1) is 0 Å². The van der Waals surface area contributed by atoms with E-state index in [0.29, 0.717) is 0 Å². The van der Waals surface area contributed by atoms with Gasteiger partial charge in [-0.2, -0.15) is 0 Å². The van der Waals surface area contributed by atoms with Gasteiger partial charge in [0, 0.05) is 5.54 Å². The molecule has 0 aromatic rings. The molecule has 0 bridgehead atoms. The minimum atomic E-state index is -1.16. The minimum absolute atomic E-state index is 0.164. The maximum absolute atomic E-state index is 3.52. The van der Waals surface area contributed by atoms with Crippen LogP contribution in [0.3, 0.4) is 0 Å². The van der Waals surface area contributed by atoms with Gasteiger partial charge < -0.3 is 3.90 Å². The summed E-state index contributed by atoms with van der Waals surface area (Å²) in [6.07, 6.45) is 0. The van der Waals surface area contributed by atoms with Crippen LogP contribution in [0.15, 0.2) is 0 Å².